The van der Waals surface area contributed by atoms with Crippen molar-refractivity contribution in [3.05, 3.63) is 124 Å². The summed E-state index contributed by atoms with van der Waals surface area (Å²) in [6, 6.07) is 23.7. The highest BCUT2D eigenvalue weighted by Crippen LogP contribution is 2.40. The summed E-state index contributed by atoms with van der Waals surface area (Å²) in [6.07, 6.45) is 3.98. The summed E-state index contributed by atoms with van der Waals surface area (Å²) in [5.41, 5.74) is 4.42. The highest BCUT2D eigenvalue weighted by Gasteiger charge is 2.37. The van der Waals surface area contributed by atoms with Gasteiger partial charge in [-0.25, -0.2) is 9.97 Å². The van der Waals surface area contributed by atoms with Crippen molar-refractivity contribution in [2.24, 2.45) is 7.05 Å². The fourth-order valence-corrected chi connectivity index (χ4v) is 4.94. The lowest BCUT2D eigenvalue weighted by atomic mass is 9.82. The van der Waals surface area contributed by atoms with Gasteiger partial charge in [0.1, 0.15) is 0 Å². The van der Waals surface area contributed by atoms with E-state index in [0.29, 0.717) is 40.7 Å². The monoisotopic (exact) mass is 497 g/mol. The maximum Gasteiger partial charge on any atom is 0.218 e. The molecular formula is C30H28ClN3O2. The molecular weight excluding hydrogens is 470 g/mol. The van der Waals surface area contributed by atoms with Gasteiger partial charge in [0.2, 0.25) is 5.88 Å². The Balaban J connectivity index is 1.72. The summed E-state index contributed by atoms with van der Waals surface area (Å²) in [6.45, 7) is 4.45. The largest absolute Gasteiger partial charge is 0.478 e. The molecule has 5 nitrogen and oxygen atoms in total. The maximum atomic E-state index is 12.3. The van der Waals surface area contributed by atoms with E-state index in [2.05, 4.69) is 17.1 Å². The molecule has 0 bridgehead atoms. The van der Waals surface area contributed by atoms with E-state index >= 15 is 0 Å². The second-order valence-electron chi connectivity index (χ2n) is 9.00. The first kappa shape index (κ1) is 24.0. The summed E-state index contributed by atoms with van der Waals surface area (Å²) in [4.78, 5) is 9.08. The average Bonchev–Trinajstić information content (AvgIpc) is 3.33. The van der Waals surface area contributed by atoms with E-state index in [1.54, 1.807) is 12.5 Å². The van der Waals surface area contributed by atoms with E-state index in [1.807, 2.05) is 86.1 Å². The predicted molar refractivity (Wildman–Crippen MR) is 144 cm³/mol. The first-order chi connectivity index (χ1) is 17.4. The number of aliphatic hydroxyl groups is 1. The lowest BCUT2D eigenvalue weighted by Gasteiger charge is -2.30. The van der Waals surface area contributed by atoms with Crippen LogP contribution in [0.3, 0.4) is 0 Å². The van der Waals surface area contributed by atoms with Crippen molar-refractivity contribution in [1.29, 1.82) is 0 Å². The number of pyridine rings is 1. The molecule has 2 aromatic heterocycles. The average molecular weight is 498 g/mol. The van der Waals surface area contributed by atoms with Crippen LogP contribution in [0.4, 0.5) is 0 Å². The Hall–Kier alpha value is -3.67. The normalized spacial score (nSPS) is 13.0. The van der Waals surface area contributed by atoms with Crippen LogP contribution in [-0.2, 0) is 19.1 Å². The van der Waals surface area contributed by atoms with Crippen molar-refractivity contribution in [3.8, 4) is 5.88 Å². The molecule has 1 atom stereocenters. The number of nitrogens with zero attached hydrogens (tertiary/aromatic N) is 3. The Morgan fingerprint density at radius 3 is 2.39 bits per heavy atom. The van der Waals surface area contributed by atoms with Crippen molar-refractivity contribution in [2.45, 2.75) is 25.9 Å². The fourth-order valence-electron chi connectivity index (χ4n) is 4.64. The molecule has 1 N–H and O–H groups in total. The van der Waals surface area contributed by atoms with Crippen LogP contribution >= 0.6 is 11.6 Å². The second kappa shape index (κ2) is 9.76. The number of ether oxygens (including phenoxy) is 1. The number of imidazole rings is 1. The zero-order valence-corrected chi connectivity index (χ0v) is 21.3. The van der Waals surface area contributed by atoms with Gasteiger partial charge in [0, 0.05) is 24.4 Å². The molecule has 0 saturated carbocycles. The Morgan fingerprint density at radius 2 is 1.72 bits per heavy atom. The van der Waals surface area contributed by atoms with Crippen LogP contribution in [0, 0.1) is 6.92 Å². The van der Waals surface area contributed by atoms with Gasteiger partial charge in [0.15, 0.2) is 5.60 Å². The van der Waals surface area contributed by atoms with Gasteiger partial charge in [0.05, 0.1) is 35.4 Å². The first-order valence-corrected chi connectivity index (χ1v) is 12.3. The van der Waals surface area contributed by atoms with E-state index in [1.165, 1.54) is 0 Å². The molecule has 0 saturated heterocycles. The standard InChI is InChI=1S/C30H28ClN3O2/c1-4-36-29-25(16-21-8-6-5-7-9-21)28(31)24-17-23(14-15-26(24)33-29)30(35,27-18-32-19-34(27)3)22-12-10-20(2)11-13-22/h5-15,17-19,35H,4,16H2,1-3H3. The molecule has 6 heteroatoms. The van der Waals surface area contributed by atoms with Crippen molar-refractivity contribution in [3.63, 3.8) is 0 Å². The SMILES string of the molecule is CCOc1nc2ccc(C(O)(c3ccc(C)cc3)c3cncn3C)cc2c(Cl)c1Cc1ccccc1. The molecule has 0 spiro atoms. The Morgan fingerprint density at radius 1 is 1.00 bits per heavy atom. The van der Waals surface area contributed by atoms with Crippen molar-refractivity contribution in [2.75, 3.05) is 6.61 Å². The van der Waals surface area contributed by atoms with Gasteiger partial charge in [-0.3, -0.25) is 0 Å². The minimum atomic E-state index is -1.44. The van der Waals surface area contributed by atoms with E-state index in [4.69, 9.17) is 21.3 Å². The van der Waals surface area contributed by atoms with Gasteiger partial charge >= 0.3 is 0 Å². The van der Waals surface area contributed by atoms with Crippen LogP contribution in [0.5, 0.6) is 5.88 Å². The van der Waals surface area contributed by atoms with Crippen LogP contribution < -0.4 is 4.74 Å². The number of halogens is 1. The number of aryl methyl sites for hydroxylation is 2. The first-order valence-electron chi connectivity index (χ1n) is 12.0. The summed E-state index contributed by atoms with van der Waals surface area (Å²) in [7, 11) is 1.88. The van der Waals surface area contributed by atoms with E-state index in [-0.39, 0.29) is 0 Å². The number of hydrogen-bond donors (Lipinski definition) is 1. The van der Waals surface area contributed by atoms with Crippen LogP contribution in [0.1, 0.15) is 40.4 Å². The predicted octanol–water partition coefficient (Wildman–Crippen LogP) is 6.20. The third-order valence-corrected chi connectivity index (χ3v) is 6.99. The van der Waals surface area contributed by atoms with E-state index in [0.717, 1.165) is 27.6 Å². The van der Waals surface area contributed by atoms with Gasteiger partial charge in [0.25, 0.3) is 0 Å². The lowest BCUT2D eigenvalue weighted by Crippen LogP contribution is -2.31. The fraction of sp³-hybridized carbons (Fsp3) is 0.200. The van der Waals surface area contributed by atoms with Gasteiger partial charge in [-0.05, 0) is 42.7 Å². The van der Waals surface area contributed by atoms with E-state index < -0.39 is 5.60 Å². The van der Waals surface area contributed by atoms with Gasteiger partial charge < -0.3 is 14.4 Å². The molecule has 0 radical (unpaired) electrons. The van der Waals surface area contributed by atoms with Crippen LogP contribution in [0.25, 0.3) is 10.9 Å². The zero-order valence-electron chi connectivity index (χ0n) is 20.6. The van der Waals surface area contributed by atoms with Crippen LogP contribution in [0.2, 0.25) is 5.02 Å². The lowest BCUT2D eigenvalue weighted by molar-refractivity contribution is 0.117. The van der Waals surface area contributed by atoms with Gasteiger partial charge in [-0.15, -0.1) is 0 Å². The number of benzene rings is 3. The number of aromatic nitrogens is 3. The molecule has 0 amide bonds. The Labute approximate surface area is 216 Å². The zero-order chi connectivity index (χ0) is 25.3. The Kier molecular flexibility index (Phi) is 6.52. The highest BCUT2D eigenvalue weighted by atomic mass is 35.5. The molecule has 5 rings (SSSR count). The van der Waals surface area contributed by atoms with Crippen molar-refractivity contribution in [1.82, 2.24) is 14.5 Å². The summed E-state index contributed by atoms with van der Waals surface area (Å²) in [5.74, 6) is 0.534. The van der Waals surface area contributed by atoms with E-state index in [9.17, 15) is 5.11 Å². The topological polar surface area (TPSA) is 60.2 Å². The minimum absolute atomic E-state index is 0.488. The molecule has 3 aromatic carbocycles. The second-order valence-corrected chi connectivity index (χ2v) is 9.38. The molecule has 36 heavy (non-hydrogen) atoms. The molecule has 182 valence electrons. The maximum absolute atomic E-state index is 12.3. The van der Waals surface area contributed by atoms with Crippen LogP contribution in [-0.4, -0.2) is 26.2 Å². The number of hydrogen-bond acceptors (Lipinski definition) is 4. The summed E-state index contributed by atoms with van der Waals surface area (Å²) < 4.78 is 7.73. The molecule has 2 heterocycles. The molecule has 1 unspecified atom stereocenters. The molecule has 0 fully saturated rings. The third kappa shape index (κ3) is 4.25. The molecule has 0 aliphatic carbocycles. The molecule has 0 aliphatic heterocycles. The minimum Gasteiger partial charge on any atom is -0.478 e. The van der Waals surface area contributed by atoms with Crippen molar-refractivity contribution < 1.29 is 9.84 Å². The van der Waals surface area contributed by atoms with Gasteiger partial charge in [-0.2, -0.15) is 0 Å². The molecule has 5 aromatic rings. The summed E-state index contributed by atoms with van der Waals surface area (Å²) in [5, 5.41) is 13.7. The number of fused-ring (bicyclic) bond motifs is 1. The smallest absolute Gasteiger partial charge is 0.218 e. The van der Waals surface area contributed by atoms with Crippen LogP contribution in [0.15, 0.2) is 85.3 Å². The highest BCUT2D eigenvalue weighted by molar-refractivity contribution is 6.36. The third-order valence-electron chi connectivity index (χ3n) is 6.56. The van der Waals surface area contributed by atoms with Crippen molar-refractivity contribution >= 4 is 22.5 Å². The quantitative estimate of drug-likeness (QED) is 0.290. The van der Waals surface area contributed by atoms with Gasteiger partial charge in [-0.1, -0.05) is 77.8 Å². The summed E-state index contributed by atoms with van der Waals surface area (Å²) >= 11 is 7.06. The number of rotatable bonds is 7. The Bertz CT molecular complexity index is 1510. The molecule has 0 aliphatic rings.